The third-order valence-electron chi connectivity index (χ3n) is 3.41. The molecule has 1 aliphatic carbocycles. The maximum atomic E-state index is 11.9. The van der Waals surface area contributed by atoms with Gasteiger partial charge in [-0.05, 0) is 19.4 Å². The molecule has 6 heteroatoms. The predicted molar refractivity (Wildman–Crippen MR) is 73.9 cm³/mol. The lowest BCUT2D eigenvalue weighted by Crippen LogP contribution is -2.36. The molecule has 0 saturated heterocycles. The molecule has 106 valence electrons. The van der Waals surface area contributed by atoms with Gasteiger partial charge < -0.3 is 15.6 Å². The summed E-state index contributed by atoms with van der Waals surface area (Å²) in [7, 11) is 0. The van der Waals surface area contributed by atoms with Crippen molar-refractivity contribution in [3.63, 3.8) is 0 Å². The van der Waals surface area contributed by atoms with E-state index in [1.165, 1.54) is 12.8 Å². The lowest BCUT2D eigenvalue weighted by Gasteiger charge is -2.19. The quantitative estimate of drug-likeness (QED) is 0.696. The molecule has 6 nitrogen and oxygen atoms in total. The SMILES string of the molecule is CCN(CCNC(=O)c1cn(CCN)cn1)C1CC1. The summed E-state index contributed by atoms with van der Waals surface area (Å²) in [5, 5.41) is 2.91. The van der Waals surface area contributed by atoms with Crippen LogP contribution in [0.3, 0.4) is 0 Å². The second-order valence-electron chi connectivity index (χ2n) is 4.90. The van der Waals surface area contributed by atoms with Gasteiger partial charge in [-0.2, -0.15) is 0 Å². The number of nitrogens with one attached hydrogen (secondary N) is 1. The first-order chi connectivity index (χ1) is 9.24. The van der Waals surface area contributed by atoms with Crippen molar-refractivity contribution in [2.24, 2.45) is 5.73 Å². The van der Waals surface area contributed by atoms with Crippen LogP contribution >= 0.6 is 0 Å². The maximum absolute atomic E-state index is 11.9. The number of carbonyl (C=O) groups is 1. The van der Waals surface area contributed by atoms with Gasteiger partial charge in [0.2, 0.25) is 0 Å². The number of nitrogens with two attached hydrogens (primary N) is 1. The Morgan fingerprint density at radius 3 is 3.05 bits per heavy atom. The van der Waals surface area contributed by atoms with Crippen molar-refractivity contribution in [1.82, 2.24) is 19.8 Å². The molecule has 1 heterocycles. The highest BCUT2D eigenvalue weighted by Crippen LogP contribution is 2.25. The van der Waals surface area contributed by atoms with Crippen molar-refractivity contribution < 1.29 is 4.79 Å². The van der Waals surface area contributed by atoms with Crippen LogP contribution in [-0.4, -0.2) is 52.6 Å². The maximum Gasteiger partial charge on any atom is 0.271 e. The molecular weight excluding hydrogens is 242 g/mol. The van der Waals surface area contributed by atoms with Gasteiger partial charge in [0.15, 0.2) is 0 Å². The summed E-state index contributed by atoms with van der Waals surface area (Å²) in [6.07, 6.45) is 5.97. The van der Waals surface area contributed by atoms with E-state index in [4.69, 9.17) is 5.73 Å². The molecule has 0 aromatic carbocycles. The summed E-state index contributed by atoms with van der Waals surface area (Å²) in [6.45, 7) is 6.03. The molecule has 1 aromatic heterocycles. The number of aromatic nitrogens is 2. The second-order valence-corrected chi connectivity index (χ2v) is 4.90. The van der Waals surface area contributed by atoms with Gasteiger partial charge in [0.25, 0.3) is 5.91 Å². The summed E-state index contributed by atoms with van der Waals surface area (Å²) in [4.78, 5) is 18.4. The fourth-order valence-electron chi connectivity index (χ4n) is 2.19. The molecule has 0 atom stereocenters. The van der Waals surface area contributed by atoms with Crippen molar-refractivity contribution in [2.45, 2.75) is 32.4 Å². The third kappa shape index (κ3) is 4.04. The molecule has 3 N–H and O–H groups in total. The predicted octanol–water partition coefficient (Wildman–Crippen LogP) is 0.0559. The van der Waals surface area contributed by atoms with Gasteiger partial charge in [-0.25, -0.2) is 4.98 Å². The van der Waals surface area contributed by atoms with Crippen LogP contribution in [0.4, 0.5) is 0 Å². The van der Waals surface area contributed by atoms with Gasteiger partial charge >= 0.3 is 0 Å². The summed E-state index contributed by atoms with van der Waals surface area (Å²) in [5.74, 6) is -0.109. The minimum atomic E-state index is -0.109. The number of rotatable bonds is 8. The molecule has 1 amide bonds. The molecule has 1 saturated carbocycles. The van der Waals surface area contributed by atoms with E-state index in [2.05, 4.69) is 22.1 Å². The zero-order chi connectivity index (χ0) is 13.7. The Bertz CT molecular complexity index is 413. The Hall–Kier alpha value is -1.40. The number of likely N-dealkylation sites (N-methyl/N-ethyl adjacent to an activating group) is 1. The van der Waals surface area contributed by atoms with Gasteiger partial charge in [0, 0.05) is 38.4 Å². The highest BCUT2D eigenvalue weighted by molar-refractivity contribution is 5.91. The van der Waals surface area contributed by atoms with Crippen molar-refractivity contribution in [1.29, 1.82) is 0 Å². The molecule has 2 rings (SSSR count). The van der Waals surface area contributed by atoms with Gasteiger partial charge in [-0.1, -0.05) is 6.92 Å². The Kier molecular flexibility index (Phi) is 4.93. The molecule has 1 fully saturated rings. The highest BCUT2D eigenvalue weighted by atomic mass is 16.1. The number of carbonyl (C=O) groups excluding carboxylic acids is 1. The van der Waals surface area contributed by atoms with E-state index in [-0.39, 0.29) is 5.91 Å². The highest BCUT2D eigenvalue weighted by Gasteiger charge is 2.27. The summed E-state index contributed by atoms with van der Waals surface area (Å²) < 4.78 is 1.83. The first-order valence-corrected chi connectivity index (χ1v) is 6.98. The smallest absolute Gasteiger partial charge is 0.271 e. The van der Waals surface area contributed by atoms with E-state index in [1.807, 2.05) is 4.57 Å². The summed E-state index contributed by atoms with van der Waals surface area (Å²) in [5.41, 5.74) is 5.92. The number of hydrogen-bond donors (Lipinski definition) is 2. The number of amides is 1. The van der Waals surface area contributed by atoms with E-state index in [0.29, 0.717) is 25.3 Å². The van der Waals surface area contributed by atoms with Crippen LogP contribution in [0, 0.1) is 0 Å². The normalized spacial score (nSPS) is 14.9. The van der Waals surface area contributed by atoms with E-state index < -0.39 is 0 Å². The molecular formula is C13H23N5O. The van der Waals surface area contributed by atoms with Crippen LogP contribution in [-0.2, 0) is 6.54 Å². The zero-order valence-corrected chi connectivity index (χ0v) is 11.5. The topological polar surface area (TPSA) is 76.2 Å². The fraction of sp³-hybridized carbons (Fsp3) is 0.692. The zero-order valence-electron chi connectivity index (χ0n) is 11.5. The van der Waals surface area contributed by atoms with Crippen molar-refractivity contribution in [3.05, 3.63) is 18.2 Å². The van der Waals surface area contributed by atoms with Gasteiger partial charge in [0.05, 0.1) is 6.33 Å². The van der Waals surface area contributed by atoms with Gasteiger partial charge in [-0.15, -0.1) is 0 Å². The molecule has 1 aromatic rings. The Morgan fingerprint density at radius 1 is 1.63 bits per heavy atom. The van der Waals surface area contributed by atoms with Crippen LogP contribution < -0.4 is 11.1 Å². The first-order valence-electron chi connectivity index (χ1n) is 6.98. The minimum absolute atomic E-state index is 0.109. The number of imidazole rings is 1. The van der Waals surface area contributed by atoms with E-state index in [9.17, 15) is 4.79 Å². The lowest BCUT2D eigenvalue weighted by molar-refractivity contribution is 0.0943. The molecule has 0 unspecified atom stereocenters. The monoisotopic (exact) mass is 265 g/mol. The third-order valence-corrected chi connectivity index (χ3v) is 3.41. The molecule has 0 bridgehead atoms. The molecule has 0 spiro atoms. The second kappa shape index (κ2) is 6.68. The molecule has 19 heavy (non-hydrogen) atoms. The van der Waals surface area contributed by atoms with E-state index >= 15 is 0 Å². The summed E-state index contributed by atoms with van der Waals surface area (Å²) >= 11 is 0. The minimum Gasteiger partial charge on any atom is -0.349 e. The largest absolute Gasteiger partial charge is 0.349 e. The van der Waals surface area contributed by atoms with Gasteiger partial charge in [0.1, 0.15) is 5.69 Å². The Balaban J connectivity index is 1.73. The fourth-order valence-corrected chi connectivity index (χ4v) is 2.19. The van der Waals surface area contributed by atoms with E-state index in [0.717, 1.165) is 19.1 Å². The average Bonchev–Trinajstić information content (AvgIpc) is 3.14. The van der Waals surface area contributed by atoms with Crippen molar-refractivity contribution >= 4 is 5.91 Å². The number of nitrogens with zero attached hydrogens (tertiary/aromatic N) is 3. The summed E-state index contributed by atoms with van der Waals surface area (Å²) in [6, 6.07) is 0.741. The van der Waals surface area contributed by atoms with Crippen LogP contribution in [0.25, 0.3) is 0 Å². The Labute approximate surface area is 114 Å². The van der Waals surface area contributed by atoms with Gasteiger partial charge in [-0.3, -0.25) is 9.69 Å². The van der Waals surface area contributed by atoms with Crippen LogP contribution in [0.5, 0.6) is 0 Å². The number of hydrogen-bond acceptors (Lipinski definition) is 4. The van der Waals surface area contributed by atoms with Crippen LogP contribution in [0.15, 0.2) is 12.5 Å². The van der Waals surface area contributed by atoms with Crippen molar-refractivity contribution in [2.75, 3.05) is 26.2 Å². The lowest BCUT2D eigenvalue weighted by atomic mass is 10.4. The van der Waals surface area contributed by atoms with Crippen LogP contribution in [0.2, 0.25) is 0 Å². The van der Waals surface area contributed by atoms with Crippen molar-refractivity contribution in [3.8, 4) is 0 Å². The molecule has 0 aliphatic heterocycles. The molecule has 0 radical (unpaired) electrons. The first kappa shape index (κ1) is 14.0. The molecule has 1 aliphatic rings. The van der Waals surface area contributed by atoms with Crippen LogP contribution in [0.1, 0.15) is 30.3 Å². The standard InChI is InChI=1S/C13H23N5O/c1-2-18(11-3-4-11)8-6-15-13(19)12-9-17(7-5-14)10-16-12/h9-11H,2-8,14H2,1H3,(H,15,19). The van der Waals surface area contributed by atoms with E-state index in [1.54, 1.807) is 12.5 Å². The Morgan fingerprint density at radius 2 is 2.42 bits per heavy atom. The average molecular weight is 265 g/mol.